The van der Waals surface area contributed by atoms with Crippen LogP contribution in [0, 0.1) is 13.8 Å². The van der Waals surface area contributed by atoms with Crippen LogP contribution in [0.4, 0.5) is 0 Å². The summed E-state index contributed by atoms with van der Waals surface area (Å²) in [7, 11) is 0. The summed E-state index contributed by atoms with van der Waals surface area (Å²) in [5.41, 5.74) is 4.93. The summed E-state index contributed by atoms with van der Waals surface area (Å²) in [5, 5.41) is 1.42. The Kier molecular flexibility index (Phi) is 9.17. The fourth-order valence-corrected chi connectivity index (χ4v) is 4.04. The van der Waals surface area contributed by atoms with Crippen LogP contribution in [-0.4, -0.2) is 19.5 Å². The van der Waals surface area contributed by atoms with Crippen LogP contribution in [-0.2, 0) is 17.1 Å². The molecule has 0 saturated heterocycles. The molecular weight excluding hydrogens is 583 g/mol. The van der Waals surface area contributed by atoms with Crippen LogP contribution >= 0.6 is 39.1 Å². The maximum absolute atomic E-state index is 6.29. The van der Waals surface area contributed by atoms with Gasteiger partial charge in [0, 0.05) is 56.4 Å². The third kappa shape index (κ3) is 6.20. The van der Waals surface area contributed by atoms with Crippen molar-refractivity contribution in [3.8, 4) is 28.5 Å². The maximum atomic E-state index is 6.29. The van der Waals surface area contributed by atoms with Crippen LogP contribution in [0.5, 0.6) is 0 Å². The van der Waals surface area contributed by atoms with Crippen molar-refractivity contribution in [2.45, 2.75) is 13.8 Å². The number of aryl methyl sites for hydroxylation is 2. The number of aromatic nitrogens is 4. The molecule has 177 valence electrons. The number of hydrogen-bond acceptors (Lipinski definition) is 2. The molecule has 1 N–H and O–H groups in total. The van der Waals surface area contributed by atoms with Crippen LogP contribution in [0.15, 0.2) is 89.7 Å². The smallest absolute Gasteiger partial charge is 0.146 e. The summed E-state index contributed by atoms with van der Waals surface area (Å²) < 4.78 is 3.11. The Labute approximate surface area is 228 Å². The molecule has 0 aliphatic rings. The van der Waals surface area contributed by atoms with Crippen LogP contribution < -0.4 is 0 Å². The van der Waals surface area contributed by atoms with E-state index < -0.39 is 0 Å². The second kappa shape index (κ2) is 11.9. The van der Waals surface area contributed by atoms with Crippen molar-refractivity contribution in [3.05, 3.63) is 111 Å². The largest absolute Gasteiger partial charge is 0.342 e. The topological polar surface area (TPSA) is 46.5 Å². The number of aromatic amines is 1. The molecule has 1 radical (unpaired) electrons. The minimum absolute atomic E-state index is 0. The summed E-state index contributed by atoms with van der Waals surface area (Å²) >= 11 is 15.8. The number of nitrogens with one attached hydrogen (secondary N) is 1. The normalized spacial score (nSPS) is 10.3. The maximum Gasteiger partial charge on any atom is 0.146 e. The molecule has 0 fully saturated rings. The van der Waals surface area contributed by atoms with Crippen LogP contribution in [0.3, 0.4) is 0 Å². The Morgan fingerprint density at radius 1 is 0.824 bits per heavy atom. The standard InChI is InChI=1S/C16H12BrClN2.C10H9ClN2.Cu/c1-11-10-20(13-8-6-12(17)7-9-13)16(19-11)14-4-2-3-5-15(14)18;1-7-6-12-10(13-7)8-4-2-3-5-9(8)11;/h2-10H,1H3;2-6H,1H3,(H,12,13);. The molecule has 4 nitrogen and oxygen atoms in total. The first-order valence-electron chi connectivity index (χ1n) is 10.3. The van der Waals surface area contributed by atoms with E-state index in [1.165, 1.54) is 0 Å². The van der Waals surface area contributed by atoms with Crippen LogP contribution in [0.25, 0.3) is 28.5 Å². The minimum atomic E-state index is 0. The van der Waals surface area contributed by atoms with Gasteiger partial charge in [-0.15, -0.1) is 0 Å². The van der Waals surface area contributed by atoms with E-state index in [2.05, 4.69) is 35.4 Å². The van der Waals surface area contributed by atoms with Gasteiger partial charge in [-0.2, -0.15) is 0 Å². The SMILES string of the molecule is Cc1cn(-c2ccc(Br)cc2)c(-c2ccccc2Cl)n1.Cc1cnc(-c2ccccc2Cl)[nH]1.[Cu]. The van der Waals surface area contributed by atoms with Gasteiger partial charge >= 0.3 is 0 Å². The predicted octanol–water partition coefficient (Wildman–Crippen LogP) is 8.30. The molecule has 0 saturated carbocycles. The summed E-state index contributed by atoms with van der Waals surface area (Å²) in [6.07, 6.45) is 3.81. The van der Waals surface area contributed by atoms with Gasteiger partial charge in [0.2, 0.25) is 0 Å². The fraction of sp³-hybridized carbons (Fsp3) is 0.0769. The molecule has 0 amide bonds. The van der Waals surface area contributed by atoms with Gasteiger partial charge in [-0.3, -0.25) is 4.57 Å². The first kappa shape index (κ1) is 26.3. The van der Waals surface area contributed by atoms with E-state index in [1.54, 1.807) is 6.20 Å². The molecule has 3 aromatic carbocycles. The zero-order valence-electron chi connectivity index (χ0n) is 18.4. The zero-order chi connectivity index (χ0) is 23.4. The van der Waals surface area contributed by atoms with Gasteiger partial charge in [-0.1, -0.05) is 63.4 Å². The molecule has 0 aliphatic carbocycles. The van der Waals surface area contributed by atoms with Gasteiger partial charge in [-0.05, 0) is 62.4 Å². The summed E-state index contributed by atoms with van der Waals surface area (Å²) in [6, 6.07) is 23.5. The quantitative estimate of drug-likeness (QED) is 0.211. The number of nitrogens with zero attached hydrogens (tertiary/aromatic N) is 3. The molecule has 5 rings (SSSR count). The third-order valence-corrected chi connectivity index (χ3v) is 6.07. The van der Waals surface area contributed by atoms with Gasteiger partial charge in [0.15, 0.2) is 0 Å². The van der Waals surface area contributed by atoms with Gasteiger partial charge in [-0.25, -0.2) is 9.97 Å². The summed E-state index contributed by atoms with van der Waals surface area (Å²) in [4.78, 5) is 12.0. The van der Waals surface area contributed by atoms with E-state index in [4.69, 9.17) is 23.2 Å². The zero-order valence-corrected chi connectivity index (χ0v) is 22.4. The Morgan fingerprint density at radius 2 is 1.41 bits per heavy atom. The van der Waals surface area contributed by atoms with Crippen molar-refractivity contribution in [1.82, 2.24) is 19.5 Å². The third-order valence-electron chi connectivity index (χ3n) is 4.88. The molecule has 0 aliphatic heterocycles. The first-order valence-corrected chi connectivity index (χ1v) is 11.8. The van der Waals surface area contributed by atoms with E-state index in [-0.39, 0.29) is 17.1 Å². The minimum Gasteiger partial charge on any atom is -0.342 e. The van der Waals surface area contributed by atoms with Gasteiger partial charge < -0.3 is 4.98 Å². The average Bonchev–Trinajstić information content (AvgIpc) is 3.41. The Morgan fingerprint density at radius 3 is 1.97 bits per heavy atom. The number of halogens is 3. The number of imidazole rings is 2. The summed E-state index contributed by atoms with van der Waals surface area (Å²) in [6.45, 7) is 3.95. The Balaban J connectivity index is 0.000000201. The fourth-order valence-electron chi connectivity index (χ4n) is 3.33. The van der Waals surface area contributed by atoms with Crippen molar-refractivity contribution >= 4 is 39.1 Å². The Bertz CT molecular complexity index is 1380. The van der Waals surface area contributed by atoms with Crippen LogP contribution in [0.1, 0.15) is 11.4 Å². The van der Waals surface area contributed by atoms with Gasteiger partial charge in [0.05, 0.1) is 15.7 Å². The molecule has 34 heavy (non-hydrogen) atoms. The van der Waals surface area contributed by atoms with Gasteiger partial charge in [0.1, 0.15) is 11.6 Å². The number of hydrogen-bond donors (Lipinski definition) is 1. The van der Waals surface area contributed by atoms with E-state index in [1.807, 2.05) is 92.8 Å². The molecule has 8 heteroatoms. The number of benzene rings is 3. The monoisotopic (exact) mass is 601 g/mol. The van der Waals surface area contributed by atoms with Crippen LogP contribution in [0.2, 0.25) is 10.0 Å². The molecule has 0 spiro atoms. The molecular formula is C26H21BrCl2CuN4. The van der Waals surface area contributed by atoms with Crippen molar-refractivity contribution < 1.29 is 17.1 Å². The molecule has 2 heterocycles. The molecule has 0 unspecified atom stereocenters. The van der Waals surface area contributed by atoms with Crippen molar-refractivity contribution in [1.29, 1.82) is 0 Å². The van der Waals surface area contributed by atoms with E-state index in [0.29, 0.717) is 5.02 Å². The van der Waals surface area contributed by atoms with Crippen molar-refractivity contribution in [2.24, 2.45) is 0 Å². The second-order valence-corrected chi connectivity index (χ2v) is 9.16. The van der Waals surface area contributed by atoms with Crippen molar-refractivity contribution in [2.75, 3.05) is 0 Å². The van der Waals surface area contributed by atoms with E-state index >= 15 is 0 Å². The Hall–Kier alpha value is -2.34. The molecule has 0 bridgehead atoms. The van der Waals surface area contributed by atoms with E-state index in [0.717, 1.165) is 49.3 Å². The number of rotatable bonds is 3. The first-order chi connectivity index (χ1) is 15.9. The second-order valence-electron chi connectivity index (χ2n) is 7.43. The van der Waals surface area contributed by atoms with E-state index in [9.17, 15) is 0 Å². The average molecular weight is 604 g/mol. The van der Waals surface area contributed by atoms with Crippen molar-refractivity contribution in [3.63, 3.8) is 0 Å². The molecule has 5 aromatic rings. The number of H-pyrrole nitrogens is 1. The summed E-state index contributed by atoms with van der Waals surface area (Å²) in [5.74, 6) is 1.68. The molecule has 0 atom stereocenters. The van der Waals surface area contributed by atoms with Gasteiger partial charge in [0.25, 0.3) is 0 Å². The molecule has 2 aromatic heterocycles. The predicted molar refractivity (Wildman–Crippen MR) is 140 cm³/mol.